The predicted octanol–water partition coefficient (Wildman–Crippen LogP) is 2.74. The van der Waals surface area contributed by atoms with Crippen LogP contribution in [0.3, 0.4) is 0 Å². The van der Waals surface area contributed by atoms with Gasteiger partial charge in [-0.3, -0.25) is 0 Å². The van der Waals surface area contributed by atoms with Gasteiger partial charge in [0.15, 0.2) is 17.8 Å². The second kappa shape index (κ2) is 4.81. The van der Waals surface area contributed by atoms with E-state index in [0.717, 1.165) is 5.56 Å². The summed E-state index contributed by atoms with van der Waals surface area (Å²) >= 11 is 0. The van der Waals surface area contributed by atoms with Crippen LogP contribution in [0.4, 0.5) is 4.39 Å². The quantitative estimate of drug-likeness (QED) is 0.848. The lowest BCUT2D eigenvalue weighted by Gasteiger charge is -2.11. The Morgan fingerprint density at radius 1 is 1.37 bits per heavy atom. The molecule has 0 saturated heterocycles. The van der Waals surface area contributed by atoms with Gasteiger partial charge < -0.3 is 0 Å². The highest BCUT2D eigenvalue weighted by Gasteiger charge is 2.35. The van der Waals surface area contributed by atoms with Crippen molar-refractivity contribution in [3.63, 3.8) is 0 Å². The van der Waals surface area contributed by atoms with Gasteiger partial charge in [-0.25, -0.2) is 14.1 Å². The Bertz CT molecular complexity index is 614. The van der Waals surface area contributed by atoms with E-state index in [9.17, 15) is 4.39 Å². The van der Waals surface area contributed by atoms with Crippen molar-refractivity contribution in [3.05, 3.63) is 47.5 Å². The summed E-state index contributed by atoms with van der Waals surface area (Å²) in [5, 5.41) is 12.9. The zero-order valence-electron chi connectivity index (χ0n) is 10.3. The first-order valence-electron chi connectivity index (χ1n) is 6.31. The zero-order chi connectivity index (χ0) is 13.2. The van der Waals surface area contributed by atoms with E-state index in [1.165, 1.54) is 0 Å². The summed E-state index contributed by atoms with van der Waals surface area (Å²) in [5.74, 6) is 0.946. The van der Waals surface area contributed by atoms with E-state index in [-0.39, 0.29) is 6.04 Å². The van der Waals surface area contributed by atoms with Crippen LogP contribution in [0.25, 0.3) is 0 Å². The van der Waals surface area contributed by atoms with Gasteiger partial charge in [0.2, 0.25) is 0 Å². The average Bonchev–Trinajstić information content (AvgIpc) is 2.98. The number of hydrogen-bond donors (Lipinski definition) is 0. The monoisotopic (exact) mass is 256 g/mol. The molecule has 4 nitrogen and oxygen atoms in total. The molecule has 0 aliphatic carbocycles. The molecule has 0 fully saturated rings. The van der Waals surface area contributed by atoms with E-state index in [1.54, 1.807) is 4.68 Å². The highest BCUT2D eigenvalue weighted by Crippen LogP contribution is 2.39. The number of aryl methyl sites for hydroxylation is 1. The molecular weight excluding hydrogens is 243 g/mol. The van der Waals surface area contributed by atoms with Crippen LogP contribution in [0.5, 0.6) is 0 Å². The first-order chi connectivity index (χ1) is 9.29. The molecular formula is C14H13FN4. The van der Waals surface area contributed by atoms with Crippen LogP contribution in [0.1, 0.15) is 42.3 Å². The van der Waals surface area contributed by atoms with Crippen LogP contribution < -0.4 is 0 Å². The highest BCUT2D eigenvalue weighted by atomic mass is 19.1. The lowest BCUT2D eigenvalue weighted by atomic mass is 10.0. The van der Waals surface area contributed by atoms with Crippen LogP contribution in [0.2, 0.25) is 0 Å². The molecule has 0 amide bonds. The van der Waals surface area contributed by atoms with Gasteiger partial charge in [-0.05, 0) is 5.56 Å². The third kappa shape index (κ3) is 2.10. The molecule has 2 aromatic rings. The highest BCUT2D eigenvalue weighted by molar-refractivity contribution is 5.23. The van der Waals surface area contributed by atoms with Gasteiger partial charge >= 0.3 is 0 Å². The van der Waals surface area contributed by atoms with E-state index in [4.69, 9.17) is 5.26 Å². The summed E-state index contributed by atoms with van der Waals surface area (Å²) in [6.07, 6.45) is 0.146. The number of nitrogens with zero attached hydrogens (tertiary/aromatic N) is 4. The van der Waals surface area contributed by atoms with Gasteiger partial charge in [-0.1, -0.05) is 30.3 Å². The third-order valence-electron chi connectivity index (χ3n) is 3.35. The van der Waals surface area contributed by atoms with Crippen molar-refractivity contribution >= 4 is 0 Å². The Kier molecular flexibility index (Phi) is 3.00. The Hall–Kier alpha value is -2.22. The molecule has 1 aromatic carbocycles. The number of aromatic nitrogens is 3. The van der Waals surface area contributed by atoms with Crippen LogP contribution in [-0.2, 0) is 6.42 Å². The number of alkyl halides is 1. The Balaban J connectivity index is 1.93. The fourth-order valence-corrected chi connectivity index (χ4v) is 2.45. The minimum Gasteiger partial charge on any atom is -0.239 e. The molecule has 0 saturated carbocycles. The largest absolute Gasteiger partial charge is 0.239 e. The van der Waals surface area contributed by atoms with Gasteiger partial charge in [0, 0.05) is 19.3 Å². The summed E-state index contributed by atoms with van der Waals surface area (Å²) in [6, 6.07) is 11.7. The van der Waals surface area contributed by atoms with Gasteiger partial charge in [-0.2, -0.15) is 10.4 Å². The molecule has 3 rings (SSSR count). The maximum Gasteiger partial charge on any atom is 0.162 e. The molecule has 19 heavy (non-hydrogen) atoms. The number of halogens is 1. The van der Waals surface area contributed by atoms with Crippen molar-refractivity contribution in [1.82, 2.24) is 14.8 Å². The maximum atomic E-state index is 14.0. The van der Waals surface area contributed by atoms with Crippen molar-refractivity contribution in [2.45, 2.75) is 31.5 Å². The van der Waals surface area contributed by atoms with E-state index >= 15 is 0 Å². The molecule has 0 radical (unpaired) electrons. The first kappa shape index (κ1) is 11.8. The smallest absolute Gasteiger partial charge is 0.162 e. The lowest BCUT2D eigenvalue weighted by Crippen LogP contribution is -2.07. The molecule has 2 atom stereocenters. The van der Waals surface area contributed by atoms with Gasteiger partial charge in [-0.15, -0.1) is 0 Å². The normalized spacial score (nSPS) is 21.1. The molecule has 0 spiro atoms. The van der Waals surface area contributed by atoms with Crippen molar-refractivity contribution in [2.75, 3.05) is 0 Å². The number of benzene rings is 1. The molecule has 0 bridgehead atoms. The molecule has 1 aliphatic heterocycles. The topological polar surface area (TPSA) is 54.5 Å². The Labute approximate surface area is 110 Å². The fraction of sp³-hybridized carbons (Fsp3) is 0.357. The molecule has 0 N–H and O–H groups in total. The summed E-state index contributed by atoms with van der Waals surface area (Å²) in [6.45, 7) is 0. The minimum atomic E-state index is -1.08. The molecule has 0 unspecified atom stereocenters. The summed E-state index contributed by atoms with van der Waals surface area (Å²) in [7, 11) is 0. The lowest BCUT2D eigenvalue weighted by molar-refractivity contribution is 0.328. The minimum absolute atomic E-state index is 0.0884. The molecule has 1 aliphatic rings. The zero-order valence-corrected chi connectivity index (χ0v) is 10.3. The predicted molar refractivity (Wildman–Crippen MR) is 67.0 cm³/mol. The standard InChI is InChI=1S/C14H13FN4/c15-11-9-12(10-5-2-1-3-6-10)19-14(11)17-13(18-19)7-4-8-16/h1-3,5-6,11-12H,4,7,9H2/t11-,12-/m1/s1. The van der Waals surface area contributed by atoms with Crippen LogP contribution >= 0.6 is 0 Å². The van der Waals surface area contributed by atoms with Gasteiger partial charge in [0.25, 0.3) is 0 Å². The van der Waals surface area contributed by atoms with Crippen molar-refractivity contribution in [2.24, 2.45) is 0 Å². The maximum absolute atomic E-state index is 14.0. The summed E-state index contributed by atoms with van der Waals surface area (Å²) < 4.78 is 15.7. The molecule has 96 valence electrons. The Morgan fingerprint density at radius 3 is 2.89 bits per heavy atom. The van der Waals surface area contributed by atoms with Crippen molar-refractivity contribution < 1.29 is 4.39 Å². The molecule has 1 aromatic heterocycles. The fourth-order valence-electron chi connectivity index (χ4n) is 2.45. The van der Waals surface area contributed by atoms with Crippen LogP contribution in [-0.4, -0.2) is 14.8 Å². The van der Waals surface area contributed by atoms with E-state index in [0.29, 0.717) is 30.9 Å². The second-order valence-electron chi connectivity index (χ2n) is 4.62. The second-order valence-corrected chi connectivity index (χ2v) is 4.62. The van der Waals surface area contributed by atoms with E-state index in [2.05, 4.69) is 16.2 Å². The van der Waals surface area contributed by atoms with Crippen molar-refractivity contribution in [3.8, 4) is 6.07 Å². The summed E-state index contributed by atoms with van der Waals surface area (Å²) in [4.78, 5) is 4.21. The number of rotatable bonds is 3. The number of fused-ring (bicyclic) bond motifs is 1. The number of hydrogen-bond acceptors (Lipinski definition) is 3. The average molecular weight is 256 g/mol. The van der Waals surface area contributed by atoms with E-state index in [1.807, 2.05) is 30.3 Å². The van der Waals surface area contributed by atoms with Crippen molar-refractivity contribution in [1.29, 1.82) is 5.26 Å². The van der Waals surface area contributed by atoms with Crippen LogP contribution in [0.15, 0.2) is 30.3 Å². The molecule has 2 heterocycles. The SMILES string of the molecule is N#CCCc1nc2n(n1)[C@@H](c1ccccc1)C[C@H]2F. The summed E-state index contributed by atoms with van der Waals surface area (Å²) in [5.41, 5.74) is 1.04. The first-order valence-corrected chi connectivity index (χ1v) is 6.31. The Morgan fingerprint density at radius 2 is 2.16 bits per heavy atom. The van der Waals surface area contributed by atoms with Crippen LogP contribution in [0, 0.1) is 11.3 Å². The third-order valence-corrected chi connectivity index (χ3v) is 3.35. The van der Waals surface area contributed by atoms with E-state index < -0.39 is 6.17 Å². The molecule has 5 heteroatoms. The van der Waals surface area contributed by atoms with Gasteiger partial charge in [0.1, 0.15) is 0 Å². The number of nitriles is 1. The van der Waals surface area contributed by atoms with Gasteiger partial charge in [0.05, 0.1) is 12.1 Å².